The molecule has 2 heterocycles. The summed E-state index contributed by atoms with van der Waals surface area (Å²) in [5.74, 6) is -0.241. The third kappa shape index (κ3) is 6.29. The molecule has 152 valence electrons. The highest BCUT2D eigenvalue weighted by atomic mass is 16.5. The minimum Gasteiger partial charge on any atom is -0.379 e. The van der Waals surface area contributed by atoms with E-state index in [4.69, 9.17) is 4.74 Å². The molecule has 1 aromatic carbocycles. The van der Waals surface area contributed by atoms with Crippen molar-refractivity contribution in [2.45, 2.75) is 0 Å². The topological polar surface area (TPSA) is 94.2 Å². The number of morpholine rings is 1. The van der Waals surface area contributed by atoms with Gasteiger partial charge in [0.05, 0.1) is 26.3 Å². The molecule has 4 amide bonds. The van der Waals surface area contributed by atoms with Crippen molar-refractivity contribution in [3.8, 4) is 0 Å². The molecule has 0 aliphatic carbocycles. The zero-order chi connectivity index (χ0) is 19.8. The molecule has 1 aromatic rings. The third-order valence-corrected chi connectivity index (χ3v) is 4.84. The van der Waals surface area contributed by atoms with Crippen LogP contribution in [0.25, 0.3) is 0 Å². The normalized spacial score (nSPS) is 18.5. The summed E-state index contributed by atoms with van der Waals surface area (Å²) in [5, 5.41) is 4.95. The summed E-state index contributed by atoms with van der Waals surface area (Å²) in [6.45, 7) is 5.89. The second-order valence-electron chi connectivity index (χ2n) is 6.91. The van der Waals surface area contributed by atoms with Crippen LogP contribution in [0.4, 0.5) is 10.5 Å². The molecule has 2 fully saturated rings. The standard InChI is InChI=1S/C19H27N5O4/c25-17(21-19(27)20-16-4-2-1-3-5-16)14-22-6-8-24(9-7-22)18(26)15-23-10-12-28-13-11-23/h1-5H,6-15H2,(H2,20,21,25,27). The number of nitrogens with zero attached hydrogens (tertiary/aromatic N) is 3. The maximum absolute atomic E-state index is 12.4. The number of urea groups is 1. The average Bonchev–Trinajstić information content (AvgIpc) is 2.70. The van der Waals surface area contributed by atoms with E-state index in [9.17, 15) is 14.4 Å². The molecule has 2 N–H and O–H groups in total. The number of imide groups is 1. The fourth-order valence-electron chi connectivity index (χ4n) is 3.26. The van der Waals surface area contributed by atoms with Crippen molar-refractivity contribution < 1.29 is 19.1 Å². The highest BCUT2D eigenvalue weighted by Gasteiger charge is 2.24. The van der Waals surface area contributed by atoms with Gasteiger partial charge in [0.1, 0.15) is 0 Å². The predicted octanol–water partition coefficient (Wildman–Crippen LogP) is -0.189. The minimum atomic E-state index is -0.546. The molecule has 9 heteroatoms. The van der Waals surface area contributed by atoms with Crippen LogP contribution in [-0.4, -0.2) is 98.1 Å². The van der Waals surface area contributed by atoms with Crippen LogP contribution >= 0.6 is 0 Å². The molecular formula is C19H27N5O4. The second kappa shape index (κ2) is 10.2. The Morgan fingerprint density at radius 1 is 0.857 bits per heavy atom. The van der Waals surface area contributed by atoms with E-state index < -0.39 is 6.03 Å². The first-order valence-corrected chi connectivity index (χ1v) is 9.56. The number of amides is 4. The number of benzene rings is 1. The molecule has 2 aliphatic rings. The number of ether oxygens (including phenoxy) is 1. The van der Waals surface area contributed by atoms with Gasteiger partial charge < -0.3 is 15.0 Å². The van der Waals surface area contributed by atoms with E-state index in [0.717, 1.165) is 13.1 Å². The quantitative estimate of drug-likeness (QED) is 0.725. The molecule has 28 heavy (non-hydrogen) atoms. The lowest BCUT2D eigenvalue weighted by atomic mass is 10.3. The second-order valence-corrected chi connectivity index (χ2v) is 6.91. The fourth-order valence-corrected chi connectivity index (χ4v) is 3.26. The van der Waals surface area contributed by atoms with Crippen molar-refractivity contribution in [2.24, 2.45) is 0 Å². The SMILES string of the molecule is O=C(CN1CCN(C(=O)CN2CCOCC2)CC1)NC(=O)Nc1ccccc1. The van der Waals surface area contributed by atoms with Gasteiger partial charge in [-0.25, -0.2) is 4.79 Å². The maximum atomic E-state index is 12.4. The molecule has 3 rings (SSSR count). The fraction of sp³-hybridized carbons (Fsp3) is 0.526. The minimum absolute atomic E-state index is 0.119. The smallest absolute Gasteiger partial charge is 0.325 e. The lowest BCUT2D eigenvalue weighted by molar-refractivity contribution is -0.135. The molecule has 0 unspecified atom stereocenters. The summed E-state index contributed by atoms with van der Waals surface area (Å²) < 4.78 is 5.30. The highest BCUT2D eigenvalue weighted by molar-refractivity contribution is 6.01. The summed E-state index contributed by atoms with van der Waals surface area (Å²) in [4.78, 5) is 42.2. The number of hydrogen-bond acceptors (Lipinski definition) is 6. The molecule has 0 radical (unpaired) electrons. The van der Waals surface area contributed by atoms with Gasteiger partial charge in [-0.05, 0) is 12.1 Å². The Bertz CT molecular complexity index is 670. The molecule has 0 bridgehead atoms. The Morgan fingerprint density at radius 2 is 1.50 bits per heavy atom. The molecule has 9 nitrogen and oxygen atoms in total. The highest BCUT2D eigenvalue weighted by Crippen LogP contribution is 2.06. The molecule has 0 atom stereocenters. The van der Waals surface area contributed by atoms with Gasteiger partial charge in [-0.15, -0.1) is 0 Å². The molecular weight excluding hydrogens is 362 g/mol. The van der Waals surface area contributed by atoms with Crippen molar-refractivity contribution in [3.63, 3.8) is 0 Å². The number of carbonyl (C=O) groups excluding carboxylic acids is 3. The number of piperazine rings is 1. The number of nitrogens with one attached hydrogen (secondary N) is 2. The van der Waals surface area contributed by atoms with Crippen LogP contribution in [-0.2, 0) is 14.3 Å². The Kier molecular flexibility index (Phi) is 7.35. The van der Waals surface area contributed by atoms with Gasteiger partial charge in [0.15, 0.2) is 0 Å². The first-order valence-electron chi connectivity index (χ1n) is 9.56. The van der Waals surface area contributed by atoms with Gasteiger partial charge in [0.25, 0.3) is 0 Å². The number of carbonyl (C=O) groups is 3. The lowest BCUT2D eigenvalue weighted by Gasteiger charge is -2.36. The van der Waals surface area contributed by atoms with Crippen molar-refractivity contribution in [2.75, 3.05) is 70.9 Å². The van der Waals surface area contributed by atoms with Crippen LogP contribution < -0.4 is 10.6 Å². The van der Waals surface area contributed by atoms with E-state index in [2.05, 4.69) is 15.5 Å². The zero-order valence-corrected chi connectivity index (χ0v) is 15.9. The summed E-state index contributed by atoms with van der Waals surface area (Å²) in [6.07, 6.45) is 0. The van der Waals surface area contributed by atoms with Crippen LogP contribution in [0, 0.1) is 0 Å². The van der Waals surface area contributed by atoms with Gasteiger partial charge in [0, 0.05) is 45.0 Å². The summed E-state index contributed by atoms with van der Waals surface area (Å²) in [5.41, 5.74) is 0.625. The number of para-hydroxylation sites is 1. The third-order valence-electron chi connectivity index (χ3n) is 4.84. The Morgan fingerprint density at radius 3 is 2.18 bits per heavy atom. The van der Waals surface area contributed by atoms with E-state index in [1.165, 1.54) is 0 Å². The summed E-state index contributed by atoms with van der Waals surface area (Å²) in [7, 11) is 0. The van der Waals surface area contributed by atoms with E-state index in [1.807, 2.05) is 15.9 Å². The zero-order valence-electron chi connectivity index (χ0n) is 15.9. The van der Waals surface area contributed by atoms with E-state index >= 15 is 0 Å². The average molecular weight is 389 g/mol. The van der Waals surface area contributed by atoms with Gasteiger partial charge in [-0.3, -0.25) is 24.7 Å². The molecule has 0 saturated carbocycles. The van der Waals surface area contributed by atoms with Crippen molar-refractivity contribution >= 4 is 23.5 Å². The predicted molar refractivity (Wildman–Crippen MR) is 104 cm³/mol. The van der Waals surface area contributed by atoms with Gasteiger partial charge in [-0.1, -0.05) is 18.2 Å². The Hall–Kier alpha value is -2.49. The van der Waals surface area contributed by atoms with Crippen molar-refractivity contribution in [3.05, 3.63) is 30.3 Å². The van der Waals surface area contributed by atoms with Crippen molar-refractivity contribution in [1.82, 2.24) is 20.0 Å². The van der Waals surface area contributed by atoms with Crippen LogP contribution in [0.5, 0.6) is 0 Å². The van der Waals surface area contributed by atoms with E-state index in [1.54, 1.807) is 24.3 Å². The molecule has 2 aliphatic heterocycles. The Balaban J connectivity index is 1.34. The van der Waals surface area contributed by atoms with Gasteiger partial charge in [0.2, 0.25) is 11.8 Å². The lowest BCUT2D eigenvalue weighted by Crippen LogP contribution is -2.54. The van der Waals surface area contributed by atoms with Crippen LogP contribution in [0.3, 0.4) is 0 Å². The summed E-state index contributed by atoms with van der Waals surface area (Å²) in [6, 6.07) is 8.40. The monoisotopic (exact) mass is 389 g/mol. The molecule has 0 aromatic heterocycles. The first kappa shape index (κ1) is 20.2. The Labute approximate surface area is 164 Å². The molecule has 2 saturated heterocycles. The van der Waals surface area contributed by atoms with Gasteiger partial charge >= 0.3 is 6.03 Å². The van der Waals surface area contributed by atoms with Crippen molar-refractivity contribution in [1.29, 1.82) is 0 Å². The first-order chi connectivity index (χ1) is 13.6. The number of anilines is 1. The van der Waals surface area contributed by atoms with Crippen LogP contribution in [0.15, 0.2) is 30.3 Å². The maximum Gasteiger partial charge on any atom is 0.325 e. The van der Waals surface area contributed by atoms with E-state index in [-0.39, 0.29) is 18.4 Å². The van der Waals surface area contributed by atoms with Crippen LogP contribution in [0.2, 0.25) is 0 Å². The number of rotatable bonds is 5. The summed E-state index contributed by atoms with van der Waals surface area (Å²) >= 11 is 0. The molecule has 0 spiro atoms. The van der Waals surface area contributed by atoms with E-state index in [0.29, 0.717) is 51.6 Å². The number of hydrogen-bond donors (Lipinski definition) is 2. The van der Waals surface area contributed by atoms with Crippen LogP contribution in [0.1, 0.15) is 0 Å². The largest absolute Gasteiger partial charge is 0.379 e. The van der Waals surface area contributed by atoms with Gasteiger partial charge in [-0.2, -0.15) is 0 Å².